The molecule has 0 amide bonds. The smallest absolute Gasteiger partial charge is 0.198 e. The fourth-order valence-electron chi connectivity index (χ4n) is 1.98. The van der Waals surface area contributed by atoms with Crippen LogP contribution in [0, 0.1) is 0 Å². The Hall–Kier alpha value is -1.16. The molecular formula is C14H15Cl2NO2. The molecule has 0 saturated heterocycles. The molecule has 102 valence electrons. The second kappa shape index (κ2) is 6.33. The van der Waals surface area contributed by atoms with E-state index in [0.29, 0.717) is 16.0 Å². The number of rotatable bonds is 5. The molecule has 0 saturated carbocycles. The first-order chi connectivity index (χ1) is 9.17. The zero-order valence-electron chi connectivity index (χ0n) is 10.7. The molecule has 0 aliphatic heterocycles. The highest BCUT2D eigenvalue weighted by Crippen LogP contribution is 2.33. The van der Waals surface area contributed by atoms with E-state index in [4.69, 9.17) is 32.4 Å². The molecule has 19 heavy (non-hydrogen) atoms. The van der Waals surface area contributed by atoms with Crippen LogP contribution in [0.2, 0.25) is 10.2 Å². The number of halogens is 2. The van der Waals surface area contributed by atoms with E-state index in [1.54, 1.807) is 13.4 Å². The predicted molar refractivity (Wildman–Crippen MR) is 77.2 cm³/mol. The minimum absolute atomic E-state index is 0.0533. The van der Waals surface area contributed by atoms with Crippen LogP contribution in [0.5, 0.6) is 5.75 Å². The van der Waals surface area contributed by atoms with Crippen molar-refractivity contribution in [2.45, 2.75) is 13.0 Å². The summed E-state index contributed by atoms with van der Waals surface area (Å²) < 4.78 is 10.4. The van der Waals surface area contributed by atoms with E-state index in [-0.39, 0.29) is 6.04 Å². The van der Waals surface area contributed by atoms with Crippen LogP contribution in [0.25, 0.3) is 0 Å². The van der Waals surface area contributed by atoms with Gasteiger partial charge in [-0.2, -0.15) is 0 Å². The Morgan fingerprint density at radius 3 is 2.68 bits per heavy atom. The Morgan fingerprint density at radius 1 is 1.32 bits per heavy atom. The molecule has 0 spiro atoms. The standard InChI is InChI=1S/C14H15Cl2NO2/c1-3-17-13(10-6-7-19-14(10)16)9-4-5-11(15)12(8-9)18-2/h4-8,13,17H,3H2,1-2H3. The van der Waals surface area contributed by atoms with Gasteiger partial charge in [0.05, 0.1) is 24.4 Å². The van der Waals surface area contributed by atoms with E-state index < -0.39 is 0 Å². The molecule has 1 atom stereocenters. The highest BCUT2D eigenvalue weighted by Gasteiger charge is 2.19. The number of hydrogen-bond donors (Lipinski definition) is 1. The molecule has 1 N–H and O–H groups in total. The molecule has 1 heterocycles. The van der Waals surface area contributed by atoms with Gasteiger partial charge in [-0.3, -0.25) is 0 Å². The quantitative estimate of drug-likeness (QED) is 0.894. The van der Waals surface area contributed by atoms with Crippen LogP contribution in [-0.4, -0.2) is 13.7 Å². The molecule has 0 fully saturated rings. The molecule has 1 aromatic carbocycles. The lowest BCUT2D eigenvalue weighted by atomic mass is 10.0. The number of benzene rings is 1. The van der Waals surface area contributed by atoms with Crippen molar-refractivity contribution >= 4 is 23.2 Å². The third kappa shape index (κ3) is 3.06. The van der Waals surface area contributed by atoms with Crippen molar-refractivity contribution in [1.29, 1.82) is 0 Å². The number of ether oxygens (including phenoxy) is 1. The lowest BCUT2D eigenvalue weighted by molar-refractivity contribution is 0.414. The minimum Gasteiger partial charge on any atom is -0.495 e. The molecule has 0 aliphatic rings. The predicted octanol–water partition coefficient (Wildman–Crippen LogP) is 4.29. The Bertz CT molecular complexity index is 554. The summed E-state index contributed by atoms with van der Waals surface area (Å²) in [5, 5.41) is 4.34. The van der Waals surface area contributed by atoms with Crippen LogP contribution in [0.15, 0.2) is 34.9 Å². The van der Waals surface area contributed by atoms with Gasteiger partial charge < -0.3 is 14.5 Å². The topological polar surface area (TPSA) is 34.4 Å². The van der Waals surface area contributed by atoms with Gasteiger partial charge in [0.1, 0.15) is 5.75 Å². The summed E-state index contributed by atoms with van der Waals surface area (Å²) in [6.07, 6.45) is 1.58. The van der Waals surface area contributed by atoms with Crippen molar-refractivity contribution in [3.05, 3.63) is 51.9 Å². The summed E-state index contributed by atoms with van der Waals surface area (Å²) >= 11 is 12.1. The molecule has 2 aromatic rings. The highest BCUT2D eigenvalue weighted by molar-refractivity contribution is 6.32. The molecule has 0 bridgehead atoms. The SMILES string of the molecule is CCNC(c1ccc(Cl)c(OC)c1)c1ccoc1Cl. The summed E-state index contributed by atoms with van der Waals surface area (Å²) in [5.41, 5.74) is 1.92. The molecule has 1 unspecified atom stereocenters. The Kier molecular flexibility index (Phi) is 4.75. The van der Waals surface area contributed by atoms with Gasteiger partial charge in [-0.25, -0.2) is 0 Å². The molecule has 3 nitrogen and oxygen atoms in total. The normalized spacial score (nSPS) is 12.4. The monoisotopic (exact) mass is 299 g/mol. The van der Waals surface area contributed by atoms with E-state index >= 15 is 0 Å². The van der Waals surface area contributed by atoms with Crippen molar-refractivity contribution in [3.8, 4) is 5.75 Å². The van der Waals surface area contributed by atoms with Crippen LogP contribution >= 0.6 is 23.2 Å². The van der Waals surface area contributed by atoms with Crippen molar-refractivity contribution in [2.24, 2.45) is 0 Å². The molecule has 1 aromatic heterocycles. The zero-order valence-corrected chi connectivity index (χ0v) is 12.3. The second-order valence-corrected chi connectivity index (χ2v) is 4.78. The minimum atomic E-state index is -0.0533. The molecule has 5 heteroatoms. The van der Waals surface area contributed by atoms with Gasteiger partial charge in [0.15, 0.2) is 5.22 Å². The van der Waals surface area contributed by atoms with Gasteiger partial charge in [0.25, 0.3) is 0 Å². The third-order valence-electron chi connectivity index (χ3n) is 2.87. The fraction of sp³-hybridized carbons (Fsp3) is 0.286. The zero-order chi connectivity index (χ0) is 13.8. The average molecular weight is 300 g/mol. The van der Waals surface area contributed by atoms with Gasteiger partial charge in [-0.05, 0) is 41.9 Å². The van der Waals surface area contributed by atoms with Crippen molar-refractivity contribution in [3.63, 3.8) is 0 Å². The molecule has 0 radical (unpaired) electrons. The Labute approximate surface area is 122 Å². The van der Waals surface area contributed by atoms with Crippen molar-refractivity contribution in [1.82, 2.24) is 5.32 Å². The highest BCUT2D eigenvalue weighted by atomic mass is 35.5. The first kappa shape index (κ1) is 14.3. The summed E-state index contributed by atoms with van der Waals surface area (Å²) in [6, 6.07) is 7.47. The van der Waals surface area contributed by atoms with Gasteiger partial charge in [0.2, 0.25) is 0 Å². The molecule has 0 aliphatic carbocycles. The van der Waals surface area contributed by atoms with E-state index in [2.05, 4.69) is 5.32 Å². The maximum Gasteiger partial charge on any atom is 0.198 e. The number of furan rings is 1. The third-order valence-corrected chi connectivity index (χ3v) is 3.49. The largest absolute Gasteiger partial charge is 0.495 e. The number of methoxy groups -OCH3 is 1. The number of nitrogens with one attached hydrogen (secondary N) is 1. The van der Waals surface area contributed by atoms with Crippen LogP contribution in [0.3, 0.4) is 0 Å². The Balaban J connectivity index is 2.42. The van der Waals surface area contributed by atoms with Crippen LogP contribution in [0.1, 0.15) is 24.1 Å². The Morgan fingerprint density at radius 2 is 2.11 bits per heavy atom. The van der Waals surface area contributed by atoms with Gasteiger partial charge in [-0.15, -0.1) is 0 Å². The first-order valence-electron chi connectivity index (χ1n) is 5.97. The van der Waals surface area contributed by atoms with Crippen molar-refractivity contribution in [2.75, 3.05) is 13.7 Å². The van der Waals surface area contributed by atoms with E-state index in [1.807, 2.05) is 31.2 Å². The second-order valence-electron chi connectivity index (χ2n) is 4.03. The summed E-state index contributed by atoms with van der Waals surface area (Å²) in [5.74, 6) is 0.640. The molecular weight excluding hydrogens is 285 g/mol. The van der Waals surface area contributed by atoms with Gasteiger partial charge in [0, 0.05) is 5.56 Å². The maximum absolute atomic E-state index is 6.06. The maximum atomic E-state index is 6.06. The number of hydrogen-bond acceptors (Lipinski definition) is 3. The van der Waals surface area contributed by atoms with E-state index in [1.165, 1.54) is 0 Å². The lowest BCUT2D eigenvalue weighted by Crippen LogP contribution is -2.21. The van der Waals surface area contributed by atoms with Crippen LogP contribution < -0.4 is 10.1 Å². The lowest BCUT2D eigenvalue weighted by Gasteiger charge is -2.18. The molecule has 2 rings (SSSR count). The summed E-state index contributed by atoms with van der Waals surface area (Å²) in [6.45, 7) is 2.84. The summed E-state index contributed by atoms with van der Waals surface area (Å²) in [4.78, 5) is 0. The van der Waals surface area contributed by atoms with Gasteiger partial charge >= 0.3 is 0 Å². The van der Waals surface area contributed by atoms with Crippen LogP contribution in [0.4, 0.5) is 0 Å². The van der Waals surface area contributed by atoms with Crippen molar-refractivity contribution < 1.29 is 9.15 Å². The summed E-state index contributed by atoms with van der Waals surface area (Å²) in [7, 11) is 1.60. The average Bonchev–Trinajstić information content (AvgIpc) is 2.83. The van der Waals surface area contributed by atoms with E-state index in [9.17, 15) is 0 Å². The fourth-order valence-corrected chi connectivity index (χ4v) is 2.40. The first-order valence-corrected chi connectivity index (χ1v) is 6.72. The van der Waals surface area contributed by atoms with E-state index in [0.717, 1.165) is 17.7 Å². The van der Waals surface area contributed by atoms with Gasteiger partial charge in [-0.1, -0.05) is 24.6 Å². The van der Waals surface area contributed by atoms with Crippen LogP contribution in [-0.2, 0) is 0 Å².